The summed E-state index contributed by atoms with van der Waals surface area (Å²) in [6, 6.07) is 0.383. The average molecular weight is 240 g/mol. The highest BCUT2D eigenvalue weighted by atomic mass is 16.2. The van der Waals surface area contributed by atoms with Crippen LogP contribution in [-0.4, -0.2) is 24.5 Å². The molecule has 0 spiro atoms. The predicted octanol–water partition coefficient (Wildman–Crippen LogP) is 2.17. The second kappa shape index (κ2) is 6.39. The molecule has 0 aliphatic heterocycles. The van der Waals surface area contributed by atoms with Crippen molar-refractivity contribution in [2.45, 2.75) is 59.5 Å². The topological polar surface area (TPSA) is 41.1 Å². The van der Waals surface area contributed by atoms with Crippen LogP contribution >= 0.6 is 0 Å². The highest BCUT2D eigenvalue weighted by molar-refractivity contribution is 5.81. The predicted molar refractivity (Wildman–Crippen MR) is 71.8 cm³/mol. The molecule has 1 aliphatic rings. The van der Waals surface area contributed by atoms with Crippen LogP contribution in [0.5, 0.6) is 0 Å². The van der Waals surface area contributed by atoms with Crippen LogP contribution in [0.2, 0.25) is 0 Å². The quantitative estimate of drug-likeness (QED) is 0.716. The maximum Gasteiger partial charge on any atom is 0.237 e. The van der Waals surface area contributed by atoms with Gasteiger partial charge in [-0.2, -0.15) is 0 Å². The summed E-state index contributed by atoms with van der Waals surface area (Å²) < 4.78 is 0. The van der Waals surface area contributed by atoms with Gasteiger partial charge in [-0.25, -0.2) is 0 Å². The van der Waals surface area contributed by atoms with Crippen LogP contribution in [0.15, 0.2) is 0 Å². The van der Waals surface area contributed by atoms with E-state index >= 15 is 0 Å². The van der Waals surface area contributed by atoms with Crippen LogP contribution < -0.4 is 10.6 Å². The largest absolute Gasteiger partial charge is 0.352 e. The Labute approximate surface area is 106 Å². The van der Waals surface area contributed by atoms with Crippen molar-refractivity contribution in [1.82, 2.24) is 10.6 Å². The lowest BCUT2D eigenvalue weighted by Crippen LogP contribution is -2.45. The lowest BCUT2D eigenvalue weighted by Gasteiger charge is -2.26. The van der Waals surface area contributed by atoms with Crippen molar-refractivity contribution < 1.29 is 4.79 Å². The van der Waals surface area contributed by atoms with E-state index in [-0.39, 0.29) is 11.9 Å². The van der Waals surface area contributed by atoms with E-state index in [0.717, 1.165) is 19.4 Å². The zero-order valence-corrected chi connectivity index (χ0v) is 11.9. The van der Waals surface area contributed by atoms with Gasteiger partial charge in [-0.1, -0.05) is 27.7 Å². The number of nitrogens with one attached hydrogen (secondary N) is 2. The molecule has 17 heavy (non-hydrogen) atoms. The van der Waals surface area contributed by atoms with Gasteiger partial charge in [0, 0.05) is 6.04 Å². The molecule has 3 heteroatoms. The SMILES string of the molecule is CC(NCC(C(C)C)C(C)C)C(=O)NC1CC1. The molecule has 100 valence electrons. The van der Waals surface area contributed by atoms with Crippen molar-refractivity contribution in [3.63, 3.8) is 0 Å². The number of hydrogen-bond donors (Lipinski definition) is 2. The Hall–Kier alpha value is -0.570. The third-order valence-electron chi connectivity index (χ3n) is 3.69. The number of rotatable bonds is 7. The molecule has 0 aromatic carbocycles. The maximum atomic E-state index is 11.8. The number of carbonyl (C=O) groups is 1. The van der Waals surface area contributed by atoms with E-state index in [1.54, 1.807) is 0 Å². The minimum atomic E-state index is -0.0735. The summed E-state index contributed by atoms with van der Waals surface area (Å²) in [6.45, 7) is 11.9. The van der Waals surface area contributed by atoms with Crippen LogP contribution in [0.4, 0.5) is 0 Å². The minimum Gasteiger partial charge on any atom is -0.352 e. The molecule has 2 N–H and O–H groups in total. The molecule has 1 aliphatic carbocycles. The summed E-state index contributed by atoms with van der Waals surface area (Å²) in [5.41, 5.74) is 0. The third kappa shape index (κ3) is 5.07. The fourth-order valence-electron chi connectivity index (χ4n) is 2.20. The Kier molecular flexibility index (Phi) is 5.44. The fraction of sp³-hybridized carbons (Fsp3) is 0.929. The van der Waals surface area contributed by atoms with Crippen LogP contribution in [0, 0.1) is 17.8 Å². The van der Waals surface area contributed by atoms with Gasteiger partial charge in [0.1, 0.15) is 0 Å². The second-order valence-corrected chi connectivity index (χ2v) is 6.06. The van der Waals surface area contributed by atoms with Crippen LogP contribution in [0.25, 0.3) is 0 Å². The molecule has 1 fully saturated rings. The molecular weight excluding hydrogens is 212 g/mol. The first-order valence-electron chi connectivity index (χ1n) is 6.95. The maximum absolute atomic E-state index is 11.8. The Bertz CT molecular complexity index is 239. The summed E-state index contributed by atoms with van der Waals surface area (Å²) in [4.78, 5) is 11.8. The Morgan fingerprint density at radius 2 is 1.65 bits per heavy atom. The summed E-state index contributed by atoms with van der Waals surface area (Å²) >= 11 is 0. The first-order chi connectivity index (χ1) is 7.91. The molecule has 1 atom stereocenters. The van der Waals surface area contributed by atoms with Gasteiger partial charge in [0.2, 0.25) is 5.91 Å². The standard InChI is InChI=1S/C14H28N2O/c1-9(2)13(10(3)4)8-15-11(5)14(17)16-12-6-7-12/h9-13,15H,6-8H2,1-5H3,(H,16,17). The van der Waals surface area contributed by atoms with Gasteiger partial charge in [0.15, 0.2) is 0 Å². The zero-order valence-electron chi connectivity index (χ0n) is 11.9. The van der Waals surface area contributed by atoms with Crippen molar-refractivity contribution in [2.75, 3.05) is 6.54 Å². The van der Waals surface area contributed by atoms with E-state index in [2.05, 4.69) is 38.3 Å². The monoisotopic (exact) mass is 240 g/mol. The minimum absolute atomic E-state index is 0.0735. The molecule has 0 saturated heterocycles. The number of hydrogen-bond acceptors (Lipinski definition) is 2. The van der Waals surface area contributed by atoms with Gasteiger partial charge in [-0.3, -0.25) is 4.79 Å². The van der Waals surface area contributed by atoms with E-state index in [9.17, 15) is 4.79 Å². The van der Waals surface area contributed by atoms with Crippen LogP contribution in [-0.2, 0) is 4.79 Å². The van der Waals surface area contributed by atoms with Gasteiger partial charge in [0.25, 0.3) is 0 Å². The van der Waals surface area contributed by atoms with E-state index in [4.69, 9.17) is 0 Å². The molecule has 1 amide bonds. The fourth-order valence-corrected chi connectivity index (χ4v) is 2.20. The van der Waals surface area contributed by atoms with Crippen molar-refractivity contribution >= 4 is 5.91 Å². The van der Waals surface area contributed by atoms with E-state index < -0.39 is 0 Å². The van der Waals surface area contributed by atoms with Crippen molar-refractivity contribution in [3.05, 3.63) is 0 Å². The molecule has 3 nitrogen and oxygen atoms in total. The van der Waals surface area contributed by atoms with E-state index in [1.807, 2.05) is 6.92 Å². The smallest absolute Gasteiger partial charge is 0.237 e. The Morgan fingerprint density at radius 3 is 2.06 bits per heavy atom. The first-order valence-corrected chi connectivity index (χ1v) is 6.95. The van der Waals surface area contributed by atoms with Gasteiger partial charge < -0.3 is 10.6 Å². The highest BCUT2D eigenvalue weighted by Crippen LogP contribution is 2.20. The second-order valence-electron chi connectivity index (χ2n) is 6.06. The molecular formula is C14H28N2O. The number of carbonyl (C=O) groups excluding carboxylic acids is 1. The highest BCUT2D eigenvalue weighted by Gasteiger charge is 2.26. The van der Waals surface area contributed by atoms with Crippen LogP contribution in [0.1, 0.15) is 47.5 Å². The van der Waals surface area contributed by atoms with E-state index in [1.165, 1.54) is 0 Å². The van der Waals surface area contributed by atoms with Gasteiger partial charge in [-0.05, 0) is 44.1 Å². The summed E-state index contributed by atoms with van der Waals surface area (Å²) in [5, 5.41) is 6.40. The summed E-state index contributed by atoms with van der Waals surface area (Å²) in [5.74, 6) is 2.09. The van der Waals surface area contributed by atoms with Crippen molar-refractivity contribution in [2.24, 2.45) is 17.8 Å². The lowest BCUT2D eigenvalue weighted by atomic mass is 9.85. The molecule has 0 radical (unpaired) electrons. The third-order valence-corrected chi connectivity index (χ3v) is 3.69. The first kappa shape index (κ1) is 14.5. The molecule has 0 aromatic heterocycles. The van der Waals surface area contributed by atoms with E-state index in [0.29, 0.717) is 23.8 Å². The lowest BCUT2D eigenvalue weighted by molar-refractivity contribution is -0.123. The molecule has 0 heterocycles. The van der Waals surface area contributed by atoms with Crippen LogP contribution in [0.3, 0.4) is 0 Å². The van der Waals surface area contributed by atoms with Gasteiger partial charge in [0.05, 0.1) is 6.04 Å². The number of amides is 1. The van der Waals surface area contributed by atoms with Crippen molar-refractivity contribution in [3.8, 4) is 0 Å². The zero-order chi connectivity index (χ0) is 13.0. The van der Waals surface area contributed by atoms with Gasteiger partial charge >= 0.3 is 0 Å². The molecule has 0 bridgehead atoms. The normalized spacial score (nSPS) is 17.9. The molecule has 1 rings (SSSR count). The molecule has 1 saturated carbocycles. The Morgan fingerprint density at radius 1 is 1.12 bits per heavy atom. The Balaban J connectivity index is 2.29. The molecule has 0 aromatic rings. The summed E-state index contributed by atoms with van der Waals surface area (Å²) in [6.07, 6.45) is 2.30. The average Bonchev–Trinajstić information content (AvgIpc) is 3.00. The van der Waals surface area contributed by atoms with Crippen molar-refractivity contribution in [1.29, 1.82) is 0 Å². The summed E-state index contributed by atoms with van der Waals surface area (Å²) in [7, 11) is 0. The van der Waals surface area contributed by atoms with Gasteiger partial charge in [-0.15, -0.1) is 0 Å². The molecule has 1 unspecified atom stereocenters.